The summed E-state index contributed by atoms with van der Waals surface area (Å²) in [5, 5.41) is 3.34. The van der Waals surface area contributed by atoms with E-state index in [1.54, 1.807) is 48.5 Å². The second-order valence-electron chi connectivity index (χ2n) is 11.5. The van der Waals surface area contributed by atoms with E-state index in [9.17, 15) is 13.2 Å². The maximum atomic E-state index is 15.7. The van der Waals surface area contributed by atoms with Gasteiger partial charge in [0.1, 0.15) is 12.1 Å². The molecule has 2 aromatic carbocycles. The van der Waals surface area contributed by atoms with Crippen LogP contribution in [0.1, 0.15) is 88.8 Å². The van der Waals surface area contributed by atoms with Crippen LogP contribution in [-0.2, 0) is 4.74 Å². The van der Waals surface area contributed by atoms with E-state index in [0.717, 1.165) is 57.3 Å². The van der Waals surface area contributed by atoms with Crippen molar-refractivity contribution in [3.8, 4) is 0 Å². The summed E-state index contributed by atoms with van der Waals surface area (Å²) in [6, 6.07) is 13.9. The maximum Gasteiger partial charge on any atom is 0.393 e. The lowest BCUT2D eigenvalue weighted by Gasteiger charge is -2.26. The lowest BCUT2D eigenvalue weighted by atomic mass is 9.86. The zero-order valence-corrected chi connectivity index (χ0v) is 26.7. The lowest BCUT2D eigenvalue weighted by Crippen LogP contribution is -2.27. The Bertz CT molecular complexity index is 1410. The number of halogens is 4. The van der Waals surface area contributed by atoms with Gasteiger partial charge in [-0.25, -0.2) is 4.39 Å². The molecule has 4 rings (SSSR count). The van der Waals surface area contributed by atoms with Gasteiger partial charge in [-0.1, -0.05) is 68.5 Å². The van der Waals surface area contributed by atoms with Crippen LogP contribution in [0.4, 0.5) is 23.2 Å². The monoisotopic (exact) mass is 622 g/mol. The Balaban J connectivity index is 1.93. The number of nitrogens with zero attached hydrogens (tertiary/aromatic N) is 1. The topological polar surface area (TPSA) is 24.5 Å². The molecular formula is C38H46F4N2O. The molecule has 0 aromatic heterocycles. The Morgan fingerprint density at radius 3 is 2.29 bits per heavy atom. The van der Waals surface area contributed by atoms with Gasteiger partial charge in [0.2, 0.25) is 0 Å². The van der Waals surface area contributed by atoms with Crippen LogP contribution in [0, 0.1) is 0 Å². The molecule has 0 aliphatic carbocycles. The van der Waals surface area contributed by atoms with E-state index in [-0.39, 0.29) is 11.8 Å². The van der Waals surface area contributed by atoms with Crippen molar-refractivity contribution < 1.29 is 22.3 Å². The molecule has 242 valence electrons. The standard InChI is InChI=1S/C38H46F4N2O/c1-4-14-31(44-23-11-12-24-44)21-19-28(6-3)37(33(27-38(40,41)42)29-16-8-7-9-17-29)30-20-22-35(32(26-30)34(39)15-5-2)43-36-18-10-13-25-45-36/h6-9,14-17,19-22,26,36,43H,4-5,10-13,18,23-25,27H2,1-3H3/b21-19-,28-6+,31-14-,34-15-,37-33+. The first kappa shape index (κ1) is 34.3. The Morgan fingerprint density at radius 2 is 1.67 bits per heavy atom. The van der Waals surface area contributed by atoms with Crippen molar-refractivity contribution in [2.24, 2.45) is 0 Å². The second kappa shape index (κ2) is 16.6. The van der Waals surface area contributed by atoms with Gasteiger partial charge in [0, 0.05) is 36.6 Å². The van der Waals surface area contributed by atoms with E-state index in [4.69, 9.17) is 4.74 Å². The first-order chi connectivity index (χ1) is 21.7. The summed E-state index contributed by atoms with van der Waals surface area (Å²) in [7, 11) is 0. The smallest absolute Gasteiger partial charge is 0.372 e. The molecule has 2 aliphatic heterocycles. The summed E-state index contributed by atoms with van der Waals surface area (Å²) >= 11 is 0. The van der Waals surface area contributed by atoms with Crippen LogP contribution in [0.2, 0.25) is 0 Å². The third kappa shape index (κ3) is 9.70. The van der Waals surface area contributed by atoms with Crippen LogP contribution in [0.25, 0.3) is 17.0 Å². The number of hydrogen-bond acceptors (Lipinski definition) is 3. The van der Waals surface area contributed by atoms with Gasteiger partial charge >= 0.3 is 6.18 Å². The average Bonchev–Trinajstić information content (AvgIpc) is 3.58. The number of allylic oxidation sites excluding steroid dienone is 8. The number of likely N-dealkylation sites (tertiary alicyclic amines) is 1. The molecule has 2 heterocycles. The van der Waals surface area contributed by atoms with E-state index >= 15 is 4.39 Å². The number of benzene rings is 2. The quantitative estimate of drug-likeness (QED) is 0.145. The molecule has 0 bridgehead atoms. The Hall–Kier alpha value is -3.58. The van der Waals surface area contributed by atoms with Gasteiger partial charge in [-0.2, -0.15) is 13.2 Å². The van der Waals surface area contributed by atoms with Gasteiger partial charge < -0.3 is 15.0 Å². The van der Waals surface area contributed by atoms with Crippen molar-refractivity contribution in [2.75, 3.05) is 25.0 Å². The van der Waals surface area contributed by atoms with Crippen molar-refractivity contribution in [1.29, 1.82) is 0 Å². The van der Waals surface area contributed by atoms with Gasteiger partial charge in [-0.15, -0.1) is 0 Å². The van der Waals surface area contributed by atoms with E-state index in [0.29, 0.717) is 46.6 Å². The van der Waals surface area contributed by atoms with Gasteiger partial charge in [0.15, 0.2) is 0 Å². The molecule has 2 aromatic rings. The highest BCUT2D eigenvalue weighted by Gasteiger charge is 2.32. The molecular weight excluding hydrogens is 576 g/mol. The van der Waals surface area contributed by atoms with Crippen molar-refractivity contribution in [3.05, 3.63) is 107 Å². The van der Waals surface area contributed by atoms with Crippen LogP contribution in [-0.4, -0.2) is 37.0 Å². The highest BCUT2D eigenvalue weighted by atomic mass is 19.4. The molecule has 0 amide bonds. The molecule has 2 saturated heterocycles. The van der Waals surface area contributed by atoms with Crippen molar-refractivity contribution >= 4 is 22.7 Å². The SMILES string of the molecule is C/C=C(\C=C/C(=C/CC)N1CCCC1)C(=C(/CC(F)(F)F)c1ccccc1)/c1ccc(NC2CCCCO2)c(/C(F)=C/CC)c1. The minimum atomic E-state index is -4.46. The molecule has 0 spiro atoms. The van der Waals surface area contributed by atoms with Gasteiger partial charge in [0.25, 0.3) is 0 Å². The number of hydrogen-bond donors (Lipinski definition) is 1. The van der Waals surface area contributed by atoms with Crippen LogP contribution in [0.5, 0.6) is 0 Å². The molecule has 1 atom stereocenters. The fourth-order valence-electron chi connectivity index (χ4n) is 6.02. The highest BCUT2D eigenvalue weighted by molar-refractivity contribution is 6.00. The van der Waals surface area contributed by atoms with Gasteiger partial charge in [0.05, 0.1) is 6.42 Å². The fourth-order valence-corrected chi connectivity index (χ4v) is 6.02. The zero-order chi connectivity index (χ0) is 32.2. The molecule has 1 unspecified atom stereocenters. The van der Waals surface area contributed by atoms with E-state index in [2.05, 4.69) is 23.2 Å². The molecule has 0 saturated carbocycles. The molecule has 0 radical (unpaired) electrons. The third-order valence-electron chi connectivity index (χ3n) is 8.16. The molecule has 2 aliphatic rings. The average molecular weight is 623 g/mol. The molecule has 3 nitrogen and oxygen atoms in total. The summed E-state index contributed by atoms with van der Waals surface area (Å²) in [4.78, 5) is 2.32. The number of ether oxygens (including phenoxy) is 1. The number of anilines is 1. The Morgan fingerprint density at radius 1 is 0.933 bits per heavy atom. The van der Waals surface area contributed by atoms with Crippen LogP contribution in [0.3, 0.4) is 0 Å². The largest absolute Gasteiger partial charge is 0.393 e. The predicted octanol–water partition coefficient (Wildman–Crippen LogP) is 11.1. The minimum absolute atomic E-state index is 0.144. The Kier molecular flexibility index (Phi) is 12.7. The van der Waals surface area contributed by atoms with E-state index in [1.807, 2.05) is 32.1 Å². The maximum absolute atomic E-state index is 15.7. The third-order valence-corrected chi connectivity index (χ3v) is 8.16. The van der Waals surface area contributed by atoms with Crippen LogP contribution >= 0.6 is 0 Å². The summed E-state index contributed by atoms with van der Waals surface area (Å²) in [6.45, 7) is 8.32. The number of rotatable bonds is 12. The van der Waals surface area contributed by atoms with Crippen LogP contribution in [0.15, 0.2) is 90.2 Å². The summed E-state index contributed by atoms with van der Waals surface area (Å²) < 4.78 is 64.5. The summed E-state index contributed by atoms with van der Waals surface area (Å²) in [5.41, 5.74) is 4.14. The normalized spacial score (nSPS) is 19.3. The number of nitrogens with one attached hydrogen (secondary N) is 1. The van der Waals surface area contributed by atoms with Gasteiger partial charge in [-0.3, -0.25) is 0 Å². The van der Waals surface area contributed by atoms with E-state index < -0.39 is 18.4 Å². The number of alkyl halides is 3. The van der Waals surface area contributed by atoms with E-state index in [1.165, 1.54) is 6.08 Å². The Labute approximate surface area is 266 Å². The van der Waals surface area contributed by atoms with Crippen LogP contribution < -0.4 is 5.32 Å². The second-order valence-corrected chi connectivity index (χ2v) is 11.5. The molecule has 45 heavy (non-hydrogen) atoms. The summed E-state index contributed by atoms with van der Waals surface area (Å²) in [6.07, 6.45) is 9.93. The first-order valence-corrected chi connectivity index (χ1v) is 16.3. The highest BCUT2D eigenvalue weighted by Crippen LogP contribution is 2.42. The molecule has 1 N–H and O–H groups in total. The van der Waals surface area contributed by atoms with Crippen molar-refractivity contribution in [2.45, 2.75) is 84.5 Å². The fraction of sp³-hybridized carbons (Fsp3) is 0.421. The van der Waals surface area contributed by atoms with Gasteiger partial charge in [-0.05, 0) is 104 Å². The van der Waals surface area contributed by atoms with Crippen molar-refractivity contribution in [1.82, 2.24) is 4.90 Å². The molecule has 7 heteroatoms. The minimum Gasteiger partial charge on any atom is -0.372 e. The first-order valence-electron chi connectivity index (χ1n) is 16.3. The summed E-state index contributed by atoms with van der Waals surface area (Å²) in [5.74, 6) is -0.422. The predicted molar refractivity (Wildman–Crippen MR) is 179 cm³/mol. The van der Waals surface area contributed by atoms with Crippen molar-refractivity contribution in [3.63, 3.8) is 0 Å². The lowest BCUT2D eigenvalue weighted by molar-refractivity contribution is -0.122. The molecule has 2 fully saturated rings. The zero-order valence-electron chi connectivity index (χ0n) is 26.7.